The molecule has 0 saturated heterocycles. The second-order valence-corrected chi connectivity index (χ2v) is 4.36. The van der Waals surface area contributed by atoms with Crippen LogP contribution in [0.15, 0.2) is 11.0 Å². The Morgan fingerprint density at radius 1 is 1.35 bits per heavy atom. The standard InChI is InChI=1S/C12H20ClN3O/c1-3-5-6-7-8-14-10-9-15-16(4-2)12(17)11(10)13/h9,14H,3-8H2,1-2H3. The molecule has 0 fully saturated rings. The second-order valence-electron chi connectivity index (χ2n) is 3.98. The van der Waals surface area contributed by atoms with Crippen molar-refractivity contribution < 1.29 is 0 Å². The molecule has 1 aromatic rings. The normalized spacial score (nSPS) is 10.5. The third kappa shape index (κ3) is 4.04. The van der Waals surface area contributed by atoms with Crippen LogP contribution in [0.5, 0.6) is 0 Å². The van der Waals surface area contributed by atoms with Gasteiger partial charge in [-0.2, -0.15) is 5.10 Å². The lowest BCUT2D eigenvalue weighted by Gasteiger charge is -2.08. The first kappa shape index (κ1) is 14.0. The summed E-state index contributed by atoms with van der Waals surface area (Å²) in [6.07, 6.45) is 6.36. The number of nitrogens with one attached hydrogen (secondary N) is 1. The van der Waals surface area contributed by atoms with E-state index in [2.05, 4.69) is 17.3 Å². The number of unbranched alkanes of at least 4 members (excludes halogenated alkanes) is 3. The van der Waals surface area contributed by atoms with Crippen molar-refractivity contribution >= 4 is 17.3 Å². The van der Waals surface area contributed by atoms with Crippen LogP contribution in [0.4, 0.5) is 5.69 Å². The minimum Gasteiger partial charge on any atom is -0.382 e. The van der Waals surface area contributed by atoms with E-state index in [1.807, 2.05) is 6.92 Å². The number of hydrogen-bond acceptors (Lipinski definition) is 3. The zero-order valence-electron chi connectivity index (χ0n) is 10.5. The van der Waals surface area contributed by atoms with Gasteiger partial charge in [0.2, 0.25) is 0 Å². The van der Waals surface area contributed by atoms with E-state index < -0.39 is 0 Å². The molecular weight excluding hydrogens is 238 g/mol. The smallest absolute Gasteiger partial charge is 0.287 e. The van der Waals surface area contributed by atoms with E-state index >= 15 is 0 Å². The predicted molar refractivity (Wildman–Crippen MR) is 71.8 cm³/mol. The van der Waals surface area contributed by atoms with Crippen molar-refractivity contribution in [1.82, 2.24) is 9.78 Å². The third-order valence-corrected chi connectivity index (χ3v) is 3.00. The molecule has 0 aliphatic rings. The Morgan fingerprint density at radius 2 is 2.12 bits per heavy atom. The summed E-state index contributed by atoms with van der Waals surface area (Å²) in [5.41, 5.74) is 0.408. The number of aromatic nitrogens is 2. The van der Waals surface area contributed by atoms with Crippen LogP contribution in [0.1, 0.15) is 39.5 Å². The molecule has 0 aromatic carbocycles. The lowest BCUT2D eigenvalue weighted by atomic mass is 10.2. The molecule has 17 heavy (non-hydrogen) atoms. The Hall–Kier alpha value is -1.03. The van der Waals surface area contributed by atoms with Gasteiger partial charge in [-0.15, -0.1) is 0 Å². The fourth-order valence-corrected chi connectivity index (χ4v) is 1.80. The second kappa shape index (κ2) is 7.33. The number of anilines is 1. The molecule has 0 saturated carbocycles. The van der Waals surface area contributed by atoms with Crippen LogP contribution in [-0.2, 0) is 6.54 Å². The summed E-state index contributed by atoms with van der Waals surface area (Å²) >= 11 is 5.98. The molecule has 0 amide bonds. The van der Waals surface area contributed by atoms with Crippen molar-refractivity contribution in [3.05, 3.63) is 21.6 Å². The van der Waals surface area contributed by atoms with Crippen molar-refractivity contribution in [3.8, 4) is 0 Å². The summed E-state index contributed by atoms with van der Waals surface area (Å²) in [6, 6.07) is 0. The SMILES string of the molecule is CCCCCCNc1cnn(CC)c(=O)c1Cl. The van der Waals surface area contributed by atoms with Crippen LogP contribution in [-0.4, -0.2) is 16.3 Å². The minimum atomic E-state index is -0.229. The van der Waals surface area contributed by atoms with Crippen molar-refractivity contribution in [2.45, 2.75) is 46.1 Å². The van der Waals surface area contributed by atoms with E-state index in [-0.39, 0.29) is 10.6 Å². The summed E-state index contributed by atoms with van der Waals surface area (Å²) in [4.78, 5) is 11.7. The highest BCUT2D eigenvalue weighted by molar-refractivity contribution is 6.32. The Bertz CT molecular complexity index is 403. The molecule has 0 atom stereocenters. The van der Waals surface area contributed by atoms with Gasteiger partial charge in [0, 0.05) is 13.1 Å². The highest BCUT2D eigenvalue weighted by atomic mass is 35.5. The molecule has 96 valence electrons. The number of nitrogens with zero attached hydrogens (tertiary/aromatic N) is 2. The van der Waals surface area contributed by atoms with Crippen molar-refractivity contribution in [2.75, 3.05) is 11.9 Å². The number of halogens is 1. The monoisotopic (exact) mass is 257 g/mol. The number of rotatable bonds is 7. The fraction of sp³-hybridized carbons (Fsp3) is 0.667. The maximum atomic E-state index is 11.7. The first-order valence-electron chi connectivity index (χ1n) is 6.20. The molecule has 0 unspecified atom stereocenters. The number of aryl methyl sites for hydroxylation is 1. The third-order valence-electron chi connectivity index (χ3n) is 2.63. The van der Waals surface area contributed by atoms with Crippen LogP contribution < -0.4 is 10.9 Å². The minimum absolute atomic E-state index is 0.229. The molecule has 0 spiro atoms. The summed E-state index contributed by atoms with van der Waals surface area (Å²) in [6.45, 7) is 5.41. The molecule has 0 aliphatic carbocycles. The van der Waals surface area contributed by atoms with Crippen molar-refractivity contribution in [1.29, 1.82) is 0 Å². The largest absolute Gasteiger partial charge is 0.382 e. The van der Waals surface area contributed by atoms with Crippen molar-refractivity contribution in [2.24, 2.45) is 0 Å². The summed E-state index contributed by atoms with van der Waals surface area (Å²) < 4.78 is 1.35. The molecule has 1 N–H and O–H groups in total. The number of hydrogen-bond donors (Lipinski definition) is 1. The van der Waals surface area contributed by atoms with Gasteiger partial charge in [0.25, 0.3) is 5.56 Å². The predicted octanol–water partition coefficient (Wildman–Crippen LogP) is 2.91. The van der Waals surface area contributed by atoms with E-state index in [1.165, 1.54) is 23.9 Å². The lowest BCUT2D eigenvalue weighted by Crippen LogP contribution is -2.23. The van der Waals surface area contributed by atoms with Gasteiger partial charge in [-0.05, 0) is 13.3 Å². The fourth-order valence-electron chi connectivity index (χ4n) is 1.59. The van der Waals surface area contributed by atoms with Crippen LogP contribution >= 0.6 is 11.6 Å². The molecular formula is C12H20ClN3O. The van der Waals surface area contributed by atoms with Gasteiger partial charge in [-0.3, -0.25) is 4.79 Å². The van der Waals surface area contributed by atoms with Gasteiger partial charge in [-0.25, -0.2) is 4.68 Å². The van der Waals surface area contributed by atoms with E-state index in [0.29, 0.717) is 12.2 Å². The van der Waals surface area contributed by atoms with Gasteiger partial charge >= 0.3 is 0 Å². The quantitative estimate of drug-likeness (QED) is 0.764. The average molecular weight is 258 g/mol. The zero-order valence-corrected chi connectivity index (χ0v) is 11.3. The molecule has 0 bridgehead atoms. The van der Waals surface area contributed by atoms with Gasteiger partial charge in [0.15, 0.2) is 0 Å². The topological polar surface area (TPSA) is 46.9 Å². The molecule has 0 aliphatic heterocycles. The summed E-state index contributed by atoms with van der Waals surface area (Å²) in [5.74, 6) is 0. The van der Waals surface area contributed by atoms with Gasteiger partial charge in [0.1, 0.15) is 5.02 Å². The molecule has 1 rings (SSSR count). The van der Waals surface area contributed by atoms with E-state index in [1.54, 1.807) is 6.20 Å². The lowest BCUT2D eigenvalue weighted by molar-refractivity contribution is 0.615. The first-order valence-corrected chi connectivity index (χ1v) is 6.58. The molecule has 1 heterocycles. The average Bonchev–Trinajstić information content (AvgIpc) is 2.34. The summed E-state index contributed by atoms with van der Waals surface area (Å²) in [5, 5.41) is 7.42. The van der Waals surface area contributed by atoms with E-state index in [0.717, 1.165) is 13.0 Å². The zero-order chi connectivity index (χ0) is 12.7. The Labute approximate surface area is 107 Å². The maximum absolute atomic E-state index is 11.7. The van der Waals surface area contributed by atoms with Crippen LogP contribution in [0.25, 0.3) is 0 Å². The highest BCUT2D eigenvalue weighted by Gasteiger charge is 2.07. The Balaban J connectivity index is 2.55. The van der Waals surface area contributed by atoms with Crippen LogP contribution in [0.3, 0.4) is 0 Å². The van der Waals surface area contributed by atoms with Crippen LogP contribution in [0, 0.1) is 0 Å². The first-order chi connectivity index (χ1) is 8.20. The van der Waals surface area contributed by atoms with E-state index in [9.17, 15) is 4.79 Å². The Kier molecular flexibility index (Phi) is 6.05. The molecule has 0 radical (unpaired) electrons. The summed E-state index contributed by atoms with van der Waals surface area (Å²) in [7, 11) is 0. The molecule has 4 nitrogen and oxygen atoms in total. The maximum Gasteiger partial charge on any atom is 0.287 e. The van der Waals surface area contributed by atoms with Gasteiger partial charge < -0.3 is 5.32 Å². The van der Waals surface area contributed by atoms with E-state index in [4.69, 9.17) is 11.6 Å². The van der Waals surface area contributed by atoms with Crippen molar-refractivity contribution in [3.63, 3.8) is 0 Å². The Morgan fingerprint density at radius 3 is 2.76 bits per heavy atom. The van der Waals surface area contributed by atoms with Gasteiger partial charge in [-0.1, -0.05) is 37.8 Å². The molecule has 1 aromatic heterocycles. The van der Waals surface area contributed by atoms with Gasteiger partial charge in [0.05, 0.1) is 11.9 Å². The highest BCUT2D eigenvalue weighted by Crippen LogP contribution is 2.15. The molecule has 5 heteroatoms. The van der Waals surface area contributed by atoms with Crippen LogP contribution in [0.2, 0.25) is 5.02 Å².